The summed E-state index contributed by atoms with van der Waals surface area (Å²) in [6.45, 7) is 8.62. The number of aromatic nitrogens is 1. The number of rotatable bonds is 9. The maximum absolute atomic E-state index is 9.48. The first-order chi connectivity index (χ1) is 12.6. The van der Waals surface area contributed by atoms with Gasteiger partial charge in [0.25, 0.3) is 0 Å². The molecule has 1 heterocycles. The van der Waals surface area contributed by atoms with E-state index in [2.05, 4.69) is 36.8 Å². The Labute approximate surface area is 154 Å². The van der Waals surface area contributed by atoms with E-state index < -0.39 is 0 Å². The molecule has 2 aromatic rings. The molecule has 5 heteroatoms. The maximum Gasteiger partial charge on any atom is 0.137 e. The number of ether oxygens (including phenoxy) is 1. The minimum atomic E-state index is 0.456. The van der Waals surface area contributed by atoms with Crippen LogP contribution in [-0.4, -0.2) is 17.8 Å². The van der Waals surface area contributed by atoms with E-state index in [1.54, 1.807) is 6.20 Å². The van der Waals surface area contributed by atoms with Gasteiger partial charge in [-0.05, 0) is 41.3 Å². The van der Waals surface area contributed by atoms with Crippen molar-refractivity contribution in [2.75, 3.05) is 11.9 Å². The van der Waals surface area contributed by atoms with Crippen molar-refractivity contribution in [1.82, 2.24) is 4.98 Å². The van der Waals surface area contributed by atoms with Crippen LogP contribution in [0.4, 0.5) is 5.82 Å². The first kappa shape index (κ1) is 19.2. The Bertz CT molecular complexity index is 819. The van der Waals surface area contributed by atoms with E-state index in [0.717, 1.165) is 30.2 Å². The van der Waals surface area contributed by atoms with Crippen LogP contribution >= 0.6 is 0 Å². The van der Waals surface area contributed by atoms with Crippen molar-refractivity contribution in [2.24, 2.45) is 5.92 Å². The van der Waals surface area contributed by atoms with Crippen molar-refractivity contribution >= 4 is 12.0 Å². The SMILES string of the molecule is C=C(C=N)Nc1cc(-c2ccc(OCC(CC)CC)c(C#N)c2)ccn1. The average Bonchev–Trinajstić information content (AvgIpc) is 2.68. The molecular weight excluding hydrogens is 324 g/mol. The van der Waals surface area contributed by atoms with Gasteiger partial charge in [0.1, 0.15) is 17.6 Å². The third-order valence-corrected chi connectivity index (χ3v) is 4.29. The Balaban J connectivity index is 2.23. The van der Waals surface area contributed by atoms with Gasteiger partial charge in [0.2, 0.25) is 0 Å². The van der Waals surface area contributed by atoms with Crippen LogP contribution in [-0.2, 0) is 0 Å². The third-order valence-electron chi connectivity index (χ3n) is 4.29. The van der Waals surface area contributed by atoms with Crippen molar-refractivity contribution in [2.45, 2.75) is 26.7 Å². The molecule has 0 bridgehead atoms. The van der Waals surface area contributed by atoms with E-state index in [1.165, 1.54) is 0 Å². The first-order valence-corrected chi connectivity index (χ1v) is 8.71. The minimum absolute atomic E-state index is 0.456. The maximum atomic E-state index is 9.48. The minimum Gasteiger partial charge on any atom is -0.492 e. The molecule has 5 nitrogen and oxygen atoms in total. The standard InChI is InChI=1S/C21H24N4O/c1-4-16(5-2)14-26-20-7-6-17(10-19(20)13-23)18-8-9-24-21(11-18)25-15(3)12-22/h6-12,16,22H,3-5,14H2,1-2H3,(H,24,25). The molecule has 0 amide bonds. The Morgan fingerprint density at radius 1 is 1.31 bits per heavy atom. The zero-order chi connectivity index (χ0) is 18.9. The molecule has 0 atom stereocenters. The Hall–Kier alpha value is -3.13. The molecule has 0 aliphatic carbocycles. The molecule has 0 aliphatic heterocycles. The molecule has 0 aliphatic rings. The van der Waals surface area contributed by atoms with Gasteiger partial charge < -0.3 is 15.5 Å². The normalized spacial score (nSPS) is 10.2. The molecule has 1 aromatic carbocycles. The van der Waals surface area contributed by atoms with E-state index in [0.29, 0.717) is 35.4 Å². The van der Waals surface area contributed by atoms with E-state index in [-0.39, 0.29) is 0 Å². The fraction of sp³-hybridized carbons (Fsp3) is 0.286. The summed E-state index contributed by atoms with van der Waals surface area (Å²) in [5, 5.41) is 19.6. The zero-order valence-electron chi connectivity index (χ0n) is 15.2. The molecule has 0 saturated heterocycles. The van der Waals surface area contributed by atoms with Crippen molar-refractivity contribution in [3.05, 3.63) is 54.4 Å². The number of allylic oxidation sites excluding steroid dienone is 1. The molecule has 0 spiro atoms. The van der Waals surface area contributed by atoms with E-state index in [1.807, 2.05) is 30.3 Å². The lowest BCUT2D eigenvalue weighted by molar-refractivity contribution is 0.240. The molecule has 134 valence electrons. The summed E-state index contributed by atoms with van der Waals surface area (Å²) in [4.78, 5) is 4.22. The zero-order valence-corrected chi connectivity index (χ0v) is 15.2. The summed E-state index contributed by atoms with van der Waals surface area (Å²) in [5.41, 5.74) is 2.80. The van der Waals surface area contributed by atoms with Crippen LogP contribution < -0.4 is 10.1 Å². The average molecular weight is 348 g/mol. The monoisotopic (exact) mass is 348 g/mol. The van der Waals surface area contributed by atoms with Gasteiger partial charge in [0.05, 0.1) is 17.9 Å². The van der Waals surface area contributed by atoms with Gasteiger partial charge in [0, 0.05) is 12.4 Å². The highest BCUT2D eigenvalue weighted by Crippen LogP contribution is 2.28. The van der Waals surface area contributed by atoms with Gasteiger partial charge in [0.15, 0.2) is 0 Å². The fourth-order valence-electron chi connectivity index (χ4n) is 2.53. The van der Waals surface area contributed by atoms with Gasteiger partial charge in [-0.1, -0.05) is 39.3 Å². The van der Waals surface area contributed by atoms with Crippen LogP contribution in [0.1, 0.15) is 32.3 Å². The number of nitriles is 1. The number of nitrogens with one attached hydrogen (secondary N) is 2. The van der Waals surface area contributed by atoms with Crippen LogP contribution in [0.2, 0.25) is 0 Å². The van der Waals surface area contributed by atoms with Crippen molar-refractivity contribution < 1.29 is 4.74 Å². The predicted molar refractivity (Wildman–Crippen MR) is 106 cm³/mol. The lowest BCUT2D eigenvalue weighted by Crippen LogP contribution is -2.10. The second kappa shape index (κ2) is 9.38. The largest absolute Gasteiger partial charge is 0.492 e. The molecule has 26 heavy (non-hydrogen) atoms. The molecule has 0 unspecified atom stereocenters. The second-order valence-electron chi connectivity index (χ2n) is 6.04. The summed E-state index contributed by atoms with van der Waals surface area (Å²) in [7, 11) is 0. The van der Waals surface area contributed by atoms with Gasteiger partial charge >= 0.3 is 0 Å². The highest BCUT2D eigenvalue weighted by atomic mass is 16.5. The quantitative estimate of drug-likeness (QED) is 0.624. The lowest BCUT2D eigenvalue weighted by Gasteiger charge is -2.15. The topological polar surface area (TPSA) is 81.8 Å². The number of anilines is 1. The van der Waals surface area contributed by atoms with Gasteiger partial charge in [-0.2, -0.15) is 5.26 Å². The number of hydrogen-bond donors (Lipinski definition) is 2. The van der Waals surface area contributed by atoms with Gasteiger partial charge in [-0.3, -0.25) is 0 Å². The van der Waals surface area contributed by atoms with Crippen molar-refractivity contribution in [3.8, 4) is 22.9 Å². The van der Waals surface area contributed by atoms with E-state index in [9.17, 15) is 5.26 Å². The molecule has 0 saturated carbocycles. The van der Waals surface area contributed by atoms with E-state index in [4.69, 9.17) is 10.1 Å². The smallest absolute Gasteiger partial charge is 0.137 e. The fourth-order valence-corrected chi connectivity index (χ4v) is 2.53. The molecular formula is C21H24N4O. The second-order valence-corrected chi connectivity index (χ2v) is 6.04. The van der Waals surface area contributed by atoms with E-state index >= 15 is 0 Å². The lowest BCUT2D eigenvalue weighted by atomic mass is 10.0. The van der Waals surface area contributed by atoms with Gasteiger partial charge in [-0.25, -0.2) is 4.98 Å². The van der Waals surface area contributed by atoms with Gasteiger partial charge in [-0.15, -0.1) is 0 Å². The summed E-state index contributed by atoms with van der Waals surface area (Å²) in [6.07, 6.45) is 4.93. The van der Waals surface area contributed by atoms with Crippen LogP contribution in [0.5, 0.6) is 5.75 Å². The molecule has 1 aromatic heterocycles. The van der Waals surface area contributed by atoms with Crippen molar-refractivity contribution in [1.29, 1.82) is 10.7 Å². The highest BCUT2D eigenvalue weighted by Gasteiger charge is 2.10. The summed E-state index contributed by atoms with van der Waals surface area (Å²) in [5.74, 6) is 1.72. The number of hydrogen-bond acceptors (Lipinski definition) is 5. The third kappa shape index (κ3) is 4.93. The Kier molecular flexibility index (Phi) is 6.92. The Morgan fingerprint density at radius 2 is 2.04 bits per heavy atom. The molecule has 2 rings (SSSR count). The number of benzene rings is 1. The number of nitrogens with zero attached hydrogens (tertiary/aromatic N) is 2. The number of pyridine rings is 1. The molecule has 0 radical (unpaired) electrons. The molecule has 2 N–H and O–H groups in total. The van der Waals surface area contributed by atoms with Crippen LogP contribution in [0.25, 0.3) is 11.1 Å². The summed E-state index contributed by atoms with van der Waals surface area (Å²) in [6, 6.07) is 11.6. The van der Waals surface area contributed by atoms with Crippen LogP contribution in [0.3, 0.4) is 0 Å². The Morgan fingerprint density at radius 3 is 2.69 bits per heavy atom. The molecule has 0 fully saturated rings. The van der Waals surface area contributed by atoms with Crippen LogP contribution in [0.15, 0.2) is 48.8 Å². The van der Waals surface area contributed by atoms with Crippen molar-refractivity contribution in [3.63, 3.8) is 0 Å². The first-order valence-electron chi connectivity index (χ1n) is 8.71. The summed E-state index contributed by atoms with van der Waals surface area (Å²) >= 11 is 0. The van der Waals surface area contributed by atoms with Crippen LogP contribution in [0, 0.1) is 22.7 Å². The predicted octanol–water partition coefficient (Wildman–Crippen LogP) is 5.01. The highest BCUT2D eigenvalue weighted by molar-refractivity contribution is 5.80. The summed E-state index contributed by atoms with van der Waals surface area (Å²) < 4.78 is 5.87.